The third-order valence-electron chi connectivity index (χ3n) is 3.38. The molecule has 2 rings (SSSR count). The Morgan fingerprint density at radius 1 is 1.53 bits per heavy atom. The molecule has 0 bridgehead atoms. The van der Waals surface area contributed by atoms with Crippen LogP contribution in [-0.4, -0.2) is 30.8 Å². The Bertz CT molecular complexity index is 423. The van der Waals surface area contributed by atoms with Gasteiger partial charge in [0.2, 0.25) is 0 Å². The molecular weight excluding hydrogens is 214 g/mol. The summed E-state index contributed by atoms with van der Waals surface area (Å²) in [6, 6.07) is 5.74. The van der Waals surface area contributed by atoms with Crippen molar-refractivity contribution < 1.29 is 4.74 Å². The number of hydrogen-bond acceptors (Lipinski definition) is 4. The van der Waals surface area contributed by atoms with Gasteiger partial charge in [-0.15, -0.1) is 0 Å². The van der Waals surface area contributed by atoms with E-state index in [9.17, 15) is 0 Å². The maximum absolute atomic E-state index is 8.71. The summed E-state index contributed by atoms with van der Waals surface area (Å²) < 4.78 is 5.56. The number of hydrogen-bond donors (Lipinski definition) is 0. The van der Waals surface area contributed by atoms with Crippen molar-refractivity contribution in [3.63, 3.8) is 0 Å². The van der Waals surface area contributed by atoms with Crippen molar-refractivity contribution in [2.75, 3.05) is 25.1 Å². The molecule has 1 fully saturated rings. The molecule has 2 heterocycles. The van der Waals surface area contributed by atoms with Gasteiger partial charge in [-0.3, -0.25) is 0 Å². The van der Waals surface area contributed by atoms with Gasteiger partial charge in [-0.05, 0) is 31.9 Å². The summed E-state index contributed by atoms with van der Waals surface area (Å²) in [6.07, 6.45) is 3.97. The zero-order valence-corrected chi connectivity index (χ0v) is 10.3. The van der Waals surface area contributed by atoms with E-state index in [0.29, 0.717) is 5.69 Å². The molecule has 1 aliphatic rings. The Balaban J connectivity index is 2.14. The second-order valence-corrected chi connectivity index (χ2v) is 4.69. The number of nitrogens with zero attached hydrogens (tertiary/aromatic N) is 3. The largest absolute Gasteiger partial charge is 0.377 e. The third-order valence-corrected chi connectivity index (χ3v) is 3.38. The zero-order chi connectivity index (χ0) is 12.3. The minimum atomic E-state index is -0.0772. The van der Waals surface area contributed by atoms with Crippen LogP contribution in [0.3, 0.4) is 0 Å². The molecule has 90 valence electrons. The van der Waals surface area contributed by atoms with Gasteiger partial charge in [0, 0.05) is 20.2 Å². The molecule has 0 radical (unpaired) electrons. The standard InChI is InChI=1S/C13H17N3O/c1-13(17-2)6-3-7-16(10-13)12-5-4-11(8-14)15-9-12/h4-5,9H,3,6-7,10H2,1-2H3. The fourth-order valence-electron chi connectivity index (χ4n) is 2.23. The van der Waals surface area contributed by atoms with Crippen molar-refractivity contribution >= 4 is 5.69 Å². The lowest BCUT2D eigenvalue weighted by Gasteiger charge is -2.40. The van der Waals surface area contributed by atoms with Crippen LogP contribution in [0.25, 0.3) is 0 Å². The first-order valence-electron chi connectivity index (χ1n) is 5.83. The molecule has 0 aliphatic carbocycles. The molecule has 0 spiro atoms. The molecule has 1 atom stereocenters. The average molecular weight is 231 g/mol. The van der Waals surface area contributed by atoms with E-state index in [1.54, 1.807) is 19.4 Å². The molecule has 1 aliphatic heterocycles. The lowest BCUT2D eigenvalue weighted by atomic mass is 9.94. The quantitative estimate of drug-likeness (QED) is 0.780. The molecule has 1 aromatic rings. The van der Waals surface area contributed by atoms with E-state index in [1.807, 2.05) is 12.1 Å². The van der Waals surface area contributed by atoms with Gasteiger partial charge in [0.05, 0.1) is 17.5 Å². The maximum atomic E-state index is 8.71. The SMILES string of the molecule is COC1(C)CCCN(c2ccc(C#N)nc2)C1. The summed E-state index contributed by atoms with van der Waals surface area (Å²) in [7, 11) is 1.76. The molecule has 4 nitrogen and oxygen atoms in total. The molecular formula is C13H17N3O. The Labute approximate surface area is 102 Å². The van der Waals surface area contributed by atoms with Crippen LogP contribution in [0.1, 0.15) is 25.5 Å². The van der Waals surface area contributed by atoms with Crippen molar-refractivity contribution in [3.8, 4) is 6.07 Å². The van der Waals surface area contributed by atoms with Crippen LogP contribution in [0.2, 0.25) is 0 Å². The molecule has 1 aromatic heterocycles. The van der Waals surface area contributed by atoms with Gasteiger partial charge in [0.15, 0.2) is 0 Å². The van der Waals surface area contributed by atoms with Crippen molar-refractivity contribution in [2.24, 2.45) is 0 Å². The van der Waals surface area contributed by atoms with Gasteiger partial charge in [-0.1, -0.05) is 0 Å². The molecule has 0 aromatic carbocycles. The summed E-state index contributed by atoms with van der Waals surface area (Å²) in [5.41, 5.74) is 1.44. The van der Waals surface area contributed by atoms with Crippen LogP contribution in [0, 0.1) is 11.3 Å². The lowest BCUT2D eigenvalue weighted by molar-refractivity contribution is -0.00466. The smallest absolute Gasteiger partial charge is 0.140 e. The van der Waals surface area contributed by atoms with Gasteiger partial charge >= 0.3 is 0 Å². The molecule has 0 saturated carbocycles. The van der Waals surface area contributed by atoms with E-state index in [4.69, 9.17) is 10.00 Å². The predicted molar refractivity (Wildman–Crippen MR) is 65.8 cm³/mol. The summed E-state index contributed by atoms with van der Waals surface area (Å²) in [5, 5.41) is 8.71. The second-order valence-electron chi connectivity index (χ2n) is 4.69. The minimum absolute atomic E-state index is 0.0772. The van der Waals surface area contributed by atoms with Gasteiger partial charge in [0.1, 0.15) is 11.8 Å². The zero-order valence-electron chi connectivity index (χ0n) is 10.3. The number of pyridine rings is 1. The van der Waals surface area contributed by atoms with Crippen molar-refractivity contribution in [1.82, 2.24) is 4.98 Å². The van der Waals surface area contributed by atoms with Crippen LogP contribution in [-0.2, 0) is 4.74 Å². The van der Waals surface area contributed by atoms with Crippen LogP contribution in [0.5, 0.6) is 0 Å². The van der Waals surface area contributed by atoms with Gasteiger partial charge in [-0.25, -0.2) is 4.98 Å². The summed E-state index contributed by atoms with van der Waals surface area (Å²) in [6.45, 7) is 4.03. The van der Waals surface area contributed by atoms with Crippen LogP contribution in [0.15, 0.2) is 18.3 Å². The fourth-order valence-corrected chi connectivity index (χ4v) is 2.23. The van der Waals surface area contributed by atoms with E-state index in [2.05, 4.69) is 16.8 Å². The van der Waals surface area contributed by atoms with Crippen molar-refractivity contribution in [2.45, 2.75) is 25.4 Å². The lowest BCUT2D eigenvalue weighted by Crippen LogP contribution is -2.47. The topological polar surface area (TPSA) is 49.1 Å². The molecule has 4 heteroatoms. The number of rotatable bonds is 2. The molecule has 17 heavy (non-hydrogen) atoms. The number of anilines is 1. The van der Waals surface area contributed by atoms with Crippen LogP contribution >= 0.6 is 0 Å². The predicted octanol–water partition coefficient (Wildman–Crippen LogP) is 1.96. The first-order chi connectivity index (χ1) is 8.17. The maximum Gasteiger partial charge on any atom is 0.140 e. The van der Waals surface area contributed by atoms with Gasteiger partial charge in [-0.2, -0.15) is 5.26 Å². The highest BCUT2D eigenvalue weighted by Gasteiger charge is 2.30. The molecule has 1 saturated heterocycles. The van der Waals surface area contributed by atoms with Gasteiger partial charge in [0.25, 0.3) is 0 Å². The van der Waals surface area contributed by atoms with Crippen LogP contribution in [0.4, 0.5) is 5.69 Å². The first-order valence-corrected chi connectivity index (χ1v) is 5.83. The number of aromatic nitrogens is 1. The summed E-state index contributed by atoms with van der Waals surface area (Å²) in [4.78, 5) is 6.37. The Morgan fingerprint density at radius 2 is 2.35 bits per heavy atom. The highest BCUT2D eigenvalue weighted by molar-refractivity contribution is 5.46. The number of nitriles is 1. The molecule has 1 unspecified atom stereocenters. The van der Waals surface area contributed by atoms with Crippen molar-refractivity contribution in [3.05, 3.63) is 24.0 Å². The Morgan fingerprint density at radius 3 is 2.94 bits per heavy atom. The van der Waals surface area contributed by atoms with E-state index in [-0.39, 0.29) is 5.60 Å². The highest BCUT2D eigenvalue weighted by atomic mass is 16.5. The normalized spacial score (nSPS) is 24.4. The third kappa shape index (κ3) is 2.56. The second kappa shape index (κ2) is 4.72. The van der Waals surface area contributed by atoms with Gasteiger partial charge < -0.3 is 9.64 Å². The highest BCUT2D eigenvalue weighted by Crippen LogP contribution is 2.27. The summed E-state index contributed by atoms with van der Waals surface area (Å²) >= 11 is 0. The Hall–Kier alpha value is -1.60. The molecule has 0 amide bonds. The van der Waals surface area contributed by atoms with E-state index < -0.39 is 0 Å². The monoisotopic (exact) mass is 231 g/mol. The van der Waals surface area contributed by atoms with E-state index in [1.165, 1.54) is 0 Å². The fraction of sp³-hybridized carbons (Fsp3) is 0.538. The van der Waals surface area contributed by atoms with E-state index >= 15 is 0 Å². The molecule has 0 N–H and O–H groups in total. The number of ether oxygens (including phenoxy) is 1. The van der Waals surface area contributed by atoms with E-state index in [0.717, 1.165) is 31.6 Å². The minimum Gasteiger partial charge on any atom is -0.377 e. The number of piperidine rings is 1. The number of methoxy groups -OCH3 is 1. The van der Waals surface area contributed by atoms with Crippen LogP contribution < -0.4 is 4.90 Å². The first kappa shape index (κ1) is 11.9. The average Bonchev–Trinajstić information content (AvgIpc) is 2.39. The summed E-state index contributed by atoms with van der Waals surface area (Å²) in [5.74, 6) is 0. The van der Waals surface area contributed by atoms with Crippen molar-refractivity contribution in [1.29, 1.82) is 5.26 Å². The Kier molecular flexibility index (Phi) is 3.30.